The molecule has 2 rings (SSSR count). The van der Waals surface area contributed by atoms with E-state index >= 15 is 0 Å². The molecule has 90 valence electrons. The van der Waals surface area contributed by atoms with E-state index in [9.17, 15) is 10.1 Å². The Morgan fingerprint density at radius 2 is 2.39 bits per heavy atom. The highest BCUT2D eigenvalue weighted by atomic mass is 16.6. The number of aromatic nitrogens is 2. The Labute approximate surface area is 102 Å². The van der Waals surface area contributed by atoms with Crippen molar-refractivity contribution in [1.82, 2.24) is 9.97 Å². The summed E-state index contributed by atoms with van der Waals surface area (Å²) in [6.07, 6.45) is 3.26. The molecule has 0 saturated heterocycles. The van der Waals surface area contributed by atoms with Crippen molar-refractivity contribution in [2.45, 2.75) is 6.54 Å². The highest BCUT2D eigenvalue weighted by molar-refractivity contribution is 5.68. The fourth-order valence-electron chi connectivity index (χ4n) is 1.55. The fourth-order valence-corrected chi connectivity index (χ4v) is 1.55. The maximum Gasteiger partial charge on any atom is 0.309 e. The number of imidazole rings is 1. The van der Waals surface area contributed by atoms with E-state index in [2.05, 4.69) is 15.3 Å². The van der Waals surface area contributed by atoms with Gasteiger partial charge in [-0.2, -0.15) is 5.26 Å². The SMILES string of the molecule is N#Cc1cccc(NCc2ncc[nH]2)c1[N+](=O)[O-]. The molecule has 1 heterocycles. The fraction of sp³-hybridized carbons (Fsp3) is 0.0909. The Bertz CT molecular complexity index is 600. The van der Waals surface area contributed by atoms with E-state index in [-0.39, 0.29) is 11.3 Å². The standard InChI is InChI=1S/C11H9N5O2/c12-6-8-2-1-3-9(11(8)16(17)18)15-7-10-13-4-5-14-10/h1-5,15H,7H2,(H,13,14). The molecule has 0 fully saturated rings. The molecule has 0 amide bonds. The molecule has 0 saturated carbocycles. The van der Waals surface area contributed by atoms with Gasteiger partial charge in [-0.25, -0.2) is 4.98 Å². The van der Waals surface area contributed by atoms with Crippen molar-refractivity contribution in [3.63, 3.8) is 0 Å². The van der Waals surface area contributed by atoms with Gasteiger partial charge in [-0.05, 0) is 12.1 Å². The van der Waals surface area contributed by atoms with Gasteiger partial charge in [0.25, 0.3) is 0 Å². The van der Waals surface area contributed by atoms with Crippen molar-refractivity contribution >= 4 is 11.4 Å². The van der Waals surface area contributed by atoms with Gasteiger partial charge in [0, 0.05) is 12.4 Å². The van der Waals surface area contributed by atoms with Gasteiger partial charge >= 0.3 is 5.69 Å². The smallest absolute Gasteiger partial charge is 0.309 e. The first kappa shape index (κ1) is 11.6. The summed E-state index contributed by atoms with van der Waals surface area (Å²) in [7, 11) is 0. The zero-order valence-corrected chi connectivity index (χ0v) is 9.25. The van der Waals surface area contributed by atoms with Crippen LogP contribution >= 0.6 is 0 Å². The zero-order valence-electron chi connectivity index (χ0n) is 9.25. The minimum Gasteiger partial charge on any atom is -0.372 e. The molecular weight excluding hydrogens is 234 g/mol. The third-order valence-electron chi connectivity index (χ3n) is 2.34. The number of para-hydroxylation sites is 1. The van der Waals surface area contributed by atoms with Crippen LogP contribution in [-0.2, 0) is 6.54 Å². The van der Waals surface area contributed by atoms with Gasteiger partial charge < -0.3 is 10.3 Å². The number of nitro benzene ring substituents is 1. The van der Waals surface area contributed by atoms with Gasteiger partial charge in [0.05, 0.1) is 11.5 Å². The summed E-state index contributed by atoms with van der Waals surface area (Å²) in [5, 5.41) is 22.7. The van der Waals surface area contributed by atoms with Crippen LogP contribution in [0.15, 0.2) is 30.6 Å². The van der Waals surface area contributed by atoms with Crippen LogP contribution in [0.25, 0.3) is 0 Å². The lowest BCUT2D eigenvalue weighted by atomic mass is 10.1. The van der Waals surface area contributed by atoms with Crippen molar-refractivity contribution in [2.24, 2.45) is 0 Å². The number of nitro groups is 1. The van der Waals surface area contributed by atoms with Gasteiger partial charge in [-0.15, -0.1) is 0 Å². The summed E-state index contributed by atoms with van der Waals surface area (Å²) in [5.41, 5.74) is 0.117. The molecule has 2 N–H and O–H groups in total. The van der Waals surface area contributed by atoms with Crippen LogP contribution in [0.5, 0.6) is 0 Å². The van der Waals surface area contributed by atoms with Crippen molar-refractivity contribution in [1.29, 1.82) is 5.26 Å². The average Bonchev–Trinajstić information content (AvgIpc) is 2.88. The largest absolute Gasteiger partial charge is 0.372 e. The van der Waals surface area contributed by atoms with E-state index in [1.54, 1.807) is 30.6 Å². The Balaban J connectivity index is 2.27. The first-order valence-corrected chi connectivity index (χ1v) is 5.12. The Hall–Kier alpha value is -2.88. The molecular formula is C11H9N5O2. The molecule has 1 aromatic heterocycles. The molecule has 0 aliphatic carbocycles. The summed E-state index contributed by atoms with van der Waals surface area (Å²) >= 11 is 0. The normalized spacial score (nSPS) is 9.72. The van der Waals surface area contributed by atoms with Crippen LogP contribution in [0.3, 0.4) is 0 Å². The summed E-state index contributed by atoms with van der Waals surface area (Å²) in [4.78, 5) is 17.3. The summed E-state index contributed by atoms with van der Waals surface area (Å²) in [5.74, 6) is 0.659. The third kappa shape index (κ3) is 2.27. The predicted octanol–water partition coefficient (Wildman–Crippen LogP) is 1.80. The van der Waals surface area contributed by atoms with E-state index < -0.39 is 4.92 Å². The lowest BCUT2D eigenvalue weighted by Crippen LogP contribution is -2.05. The van der Waals surface area contributed by atoms with Crippen molar-refractivity contribution in [2.75, 3.05) is 5.32 Å². The monoisotopic (exact) mass is 243 g/mol. The molecule has 7 nitrogen and oxygen atoms in total. The Kier molecular flexibility index (Phi) is 3.20. The van der Waals surface area contributed by atoms with Crippen molar-refractivity contribution in [3.05, 3.63) is 52.1 Å². The summed E-state index contributed by atoms with van der Waals surface area (Å²) in [6.45, 7) is 0.322. The van der Waals surface area contributed by atoms with Crippen LogP contribution in [0.1, 0.15) is 11.4 Å². The van der Waals surface area contributed by atoms with Crippen LogP contribution in [0, 0.1) is 21.4 Å². The van der Waals surface area contributed by atoms with E-state index in [4.69, 9.17) is 5.26 Å². The van der Waals surface area contributed by atoms with Crippen LogP contribution in [0.2, 0.25) is 0 Å². The van der Waals surface area contributed by atoms with Crippen molar-refractivity contribution < 1.29 is 4.92 Å². The molecule has 0 unspecified atom stereocenters. The number of nitriles is 1. The number of nitrogens with one attached hydrogen (secondary N) is 2. The molecule has 0 atom stereocenters. The quantitative estimate of drug-likeness (QED) is 0.628. The second-order valence-corrected chi connectivity index (χ2v) is 3.46. The zero-order chi connectivity index (χ0) is 13.0. The second kappa shape index (κ2) is 4.97. The summed E-state index contributed by atoms with van der Waals surface area (Å²) in [6, 6.07) is 6.37. The van der Waals surface area contributed by atoms with Crippen LogP contribution in [0.4, 0.5) is 11.4 Å². The number of nitrogens with zero attached hydrogens (tertiary/aromatic N) is 3. The van der Waals surface area contributed by atoms with E-state index in [1.165, 1.54) is 6.07 Å². The number of hydrogen-bond acceptors (Lipinski definition) is 5. The Morgan fingerprint density at radius 3 is 3.00 bits per heavy atom. The van der Waals surface area contributed by atoms with Gasteiger partial charge in [0.1, 0.15) is 23.1 Å². The van der Waals surface area contributed by atoms with Gasteiger partial charge in [0.2, 0.25) is 0 Å². The number of benzene rings is 1. The lowest BCUT2D eigenvalue weighted by Gasteiger charge is -2.06. The van der Waals surface area contributed by atoms with Crippen LogP contribution < -0.4 is 5.32 Å². The number of H-pyrrole nitrogens is 1. The number of anilines is 1. The number of aromatic amines is 1. The molecule has 0 bridgehead atoms. The van der Waals surface area contributed by atoms with Crippen molar-refractivity contribution in [3.8, 4) is 6.07 Å². The maximum atomic E-state index is 11.0. The molecule has 1 aromatic carbocycles. The molecule has 7 heteroatoms. The Morgan fingerprint density at radius 1 is 1.56 bits per heavy atom. The molecule has 2 aromatic rings. The summed E-state index contributed by atoms with van der Waals surface area (Å²) < 4.78 is 0. The second-order valence-electron chi connectivity index (χ2n) is 3.46. The van der Waals surface area contributed by atoms with Crippen LogP contribution in [-0.4, -0.2) is 14.9 Å². The topological polar surface area (TPSA) is 108 Å². The van der Waals surface area contributed by atoms with E-state index in [0.717, 1.165) is 0 Å². The molecule has 0 spiro atoms. The van der Waals surface area contributed by atoms with Gasteiger partial charge in [-0.3, -0.25) is 10.1 Å². The number of rotatable bonds is 4. The molecule has 0 radical (unpaired) electrons. The average molecular weight is 243 g/mol. The lowest BCUT2D eigenvalue weighted by molar-refractivity contribution is -0.384. The first-order chi connectivity index (χ1) is 8.72. The van der Waals surface area contributed by atoms with Gasteiger partial charge in [-0.1, -0.05) is 6.07 Å². The third-order valence-corrected chi connectivity index (χ3v) is 2.34. The minimum atomic E-state index is -0.566. The maximum absolute atomic E-state index is 11.0. The predicted molar refractivity (Wildman–Crippen MR) is 63.7 cm³/mol. The van der Waals surface area contributed by atoms with E-state index in [1.807, 2.05) is 0 Å². The minimum absolute atomic E-state index is 0.0319. The molecule has 0 aliphatic heterocycles. The molecule has 0 aliphatic rings. The highest BCUT2D eigenvalue weighted by Gasteiger charge is 2.19. The van der Waals surface area contributed by atoms with Gasteiger partial charge in [0.15, 0.2) is 0 Å². The first-order valence-electron chi connectivity index (χ1n) is 5.12. The van der Waals surface area contributed by atoms with E-state index in [0.29, 0.717) is 18.1 Å². The molecule has 18 heavy (non-hydrogen) atoms. The highest BCUT2D eigenvalue weighted by Crippen LogP contribution is 2.28. The number of hydrogen-bond donors (Lipinski definition) is 2.